The Bertz CT molecular complexity index is 467. The second-order valence-corrected chi connectivity index (χ2v) is 6.52. The van der Waals surface area contributed by atoms with Crippen molar-refractivity contribution in [3.63, 3.8) is 0 Å². The number of carboxylic acid groups (broad SMARTS) is 1. The monoisotopic (exact) mass is 310 g/mol. The smallest absolute Gasteiger partial charge is 0.314 e. The third kappa shape index (κ3) is 4.46. The first-order chi connectivity index (χ1) is 10.1. The summed E-state index contributed by atoms with van der Waals surface area (Å²) in [6.07, 6.45) is 5.80. The third-order valence-electron chi connectivity index (χ3n) is 4.07. The number of thiophene rings is 1. The van der Waals surface area contributed by atoms with E-state index >= 15 is 0 Å². The number of rotatable bonds is 6. The summed E-state index contributed by atoms with van der Waals surface area (Å²) in [5.74, 6) is -0.905. The van der Waals surface area contributed by atoms with E-state index in [1.54, 1.807) is 11.3 Å². The van der Waals surface area contributed by atoms with E-state index in [2.05, 4.69) is 28.1 Å². The molecule has 0 unspecified atom stereocenters. The van der Waals surface area contributed by atoms with Gasteiger partial charge in [-0.3, -0.25) is 4.79 Å². The van der Waals surface area contributed by atoms with E-state index in [0.717, 1.165) is 12.8 Å². The number of carbonyl (C=O) groups is 2. The van der Waals surface area contributed by atoms with Gasteiger partial charge in [-0.05, 0) is 24.3 Å². The van der Waals surface area contributed by atoms with E-state index in [-0.39, 0.29) is 24.4 Å². The van der Waals surface area contributed by atoms with Crippen molar-refractivity contribution in [2.24, 2.45) is 0 Å². The minimum absolute atomic E-state index is 0.0521. The summed E-state index contributed by atoms with van der Waals surface area (Å²) in [6.45, 7) is 0.777. The van der Waals surface area contributed by atoms with Gasteiger partial charge in [-0.1, -0.05) is 25.3 Å². The van der Waals surface area contributed by atoms with Gasteiger partial charge in [-0.2, -0.15) is 0 Å². The van der Waals surface area contributed by atoms with Gasteiger partial charge in [0.2, 0.25) is 0 Å². The van der Waals surface area contributed by atoms with Crippen LogP contribution >= 0.6 is 11.3 Å². The molecule has 0 aliphatic heterocycles. The van der Waals surface area contributed by atoms with Crippen LogP contribution in [0.2, 0.25) is 0 Å². The molecule has 0 aromatic carbocycles. The van der Waals surface area contributed by atoms with Crippen molar-refractivity contribution in [2.75, 3.05) is 13.1 Å². The van der Waals surface area contributed by atoms with Crippen molar-refractivity contribution < 1.29 is 14.7 Å². The van der Waals surface area contributed by atoms with E-state index in [9.17, 15) is 9.59 Å². The van der Waals surface area contributed by atoms with Gasteiger partial charge >= 0.3 is 12.0 Å². The molecule has 1 aromatic heterocycles. The number of aliphatic carboxylic acids is 1. The van der Waals surface area contributed by atoms with Crippen molar-refractivity contribution in [2.45, 2.75) is 43.9 Å². The molecular weight excluding hydrogens is 288 g/mol. The molecular formula is C15H22N2O3S. The first-order valence-electron chi connectivity index (χ1n) is 7.40. The SMILES string of the molecule is O=C(O)CCNC(=O)NCC1(c2cccs2)CCCCC1. The normalized spacial score (nSPS) is 17.1. The second kappa shape index (κ2) is 7.45. The second-order valence-electron chi connectivity index (χ2n) is 5.57. The molecule has 3 N–H and O–H groups in total. The van der Waals surface area contributed by atoms with E-state index in [1.165, 1.54) is 24.1 Å². The molecule has 0 bridgehead atoms. The molecule has 1 aromatic rings. The fraction of sp³-hybridized carbons (Fsp3) is 0.600. The minimum atomic E-state index is -0.905. The Labute approximate surface area is 128 Å². The fourth-order valence-corrected chi connectivity index (χ4v) is 3.90. The molecule has 0 spiro atoms. The quantitative estimate of drug-likeness (QED) is 0.756. The lowest BCUT2D eigenvalue weighted by Crippen LogP contribution is -2.45. The zero-order valence-corrected chi connectivity index (χ0v) is 12.9. The van der Waals surface area contributed by atoms with Crippen LogP contribution in [0.3, 0.4) is 0 Å². The summed E-state index contributed by atoms with van der Waals surface area (Å²) in [4.78, 5) is 23.5. The highest BCUT2D eigenvalue weighted by Crippen LogP contribution is 2.40. The predicted molar refractivity (Wildman–Crippen MR) is 82.7 cm³/mol. The summed E-state index contributed by atoms with van der Waals surface area (Å²) >= 11 is 1.75. The van der Waals surface area contributed by atoms with Crippen LogP contribution in [-0.4, -0.2) is 30.2 Å². The van der Waals surface area contributed by atoms with E-state index < -0.39 is 5.97 Å². The van der Waals surface area contributed by atoms with Crippen LogP contribution in [0.4, 0.5) is 4.79 Å². The topological polar surface area (TPSA) is 78.4 Å². The molecule has 116 valence electrons. The largest absolute Gasteiger partial charge is 0.481 e. The molecule has 0 radical (unpaired) electrons. The maximum absolute atomic E-state index is 11.8. The number of hydrogen-bond acceptors (Lipinski definition) is 3. The molecule has 6 heteroatoms. The average Bonchev–Trinajstić information content (AvgIpc) is 3.00. The molecule has 1 saturated carbocycles. The Hall–Kier alpha value is -1.56. The van der Waals surface area contributed by atoms with Crippen LogP contribution in [0.5, 0.6) is 0 Å². The number of carboxylic acids is 1. The van der Waals surface area contributed by atoms with Crippen molar-refractivity contribution in [1.82, 2.24) is 10.6 Å². The lowest BCUT2D eigenvalue weighted by Gasteiger charge is -2.36. The van der Waals surface area contributed by atoms with Crippen LogP contribution < -0.4 is 10.6 Å². The van der Waals surface area contributed by atoms with Gasteiger partial charge in [-0.15, -0.1) is 11.3 Å². The number of hydrogen-bond donors (Lipinski definition) is 3. The fourth-order valence-electron chi connectivity index (χ4n) is 2.91. The maximum Gasteiger partial charge on any atom is 0.314 e. The molecule has 2 rings (SSSR count). The molecule has 21 heavy (non-hydrogen) atoms. The molecule has 2 amide bonds. The summed E-state index contributed by atoms with van der Waals surface area (Å²) < 4.78 is 0. The van der Waals surface area contributed by atoms with Crippen molar-refractivity contribution >= 4 is 23.3 Å². The lowest BCUT2D eigenvalue weighted by molar-refractivity contribution is -0.136. The van der Waals surface area contributed by atoms with Crippen molar-refractivity contribution in [1.29, 1.82) is 0 Å². The lowest BCUT2D eigenvalue weighted by atomic mass is 9.73. The molecule has 5 nitrogen and oxygen atoms in total. The van der Waals surface area contributed by atoms with Gasteiger partial charge in [0.15, 0.2) is 0 Å². The highest BCUT2D eigenvalue weighted by Gasteiger charge is 2.35. The predicted octanol–water partition coefficient (Wildman–Crippen LogP) is 2.72. The van der Waals surface area contributed by atoms with Crippen molar-refractivity contribution in [3.8, 4) is 0 Å². The minimum Gasteiger partial charge on any atom is -0.481 e. The third-order valence-corrected chi connectivity index (χ3v) is 5.18. The maximum atomic E-state index is 11.8. The summed E-state index contributed by atoms with van der Waals surface area (Å²) in [5.41, 5.74) is 0.0521. The van der Waals surface area contributed by atoms with Gasteiger partial charge in [-0.25, -0.2) is 4.79 Å². The standard InChI is InChI=1S/C15H22N2O3S/c18-13(19)6-9-16-14(20)17-11-15(7-2-1-3-8-15)12-5-4-10-21-12/h4-5,10H,1-3,6-9,11H2,(H,18,19)(H2,16,17,20). The zero-order chi connectivity index (χ0) is 15.1. The van der Waals surface area contributed by atoms with Gasteiger partial charge < -0.3 is 15.7 Å². The van der Waals surface area contributed by atoms with E-state index in [4.69, 9.17) is 5.11 Å². The molecule has 1 aliphatic rings. The number of carbonyl (C=O) groups excluding carboxylic acids is 1. The number of amides is 2. The zero-order valence-electron chi connectivity index (χ0n) is 12.1. The van der Waals surface area contributed by atoms with E-state index in [0.29, 0.717) is 6.54 Å². The van der Waals surface area contributed by atoms with Crippen molar-refractivity contribution in [3.05, 3.63) is 22.4 Å². The van der Waals surface area contributed by atoms with Gasteiger partial charge in [0.1, 0.15) is 0 Å². The van der Waals surface area contributed by atoms with Gasteiger partial charge in [0.25, 0.3) is 0 Å². The Kier molecular flexibility index (Phi) is 5.61. The highest BCUT2D eigenvalue weighted by molar-refractivity contribution is 7.10. The summed E-state index contributed by atoms with van der Waals surface area (Å²) in [6, 6.07) is 3.93. The first-order valence-corrected chi connectivity index (χ1v) is 8.28. The van der Waals surface area contributed by atoms with E-state index in [1.807, 2.05) is 0 Å². The molecule has 0 saturated heterocycles. The first kappa shape index (κ1) is 15.8. The van der Waals surface area contributed by atoms with Crippen LogP contribution in [0.15, 0.2) is 17.5 Å². The van der Waals surface area contributed by atoms with Gasteiger partial charge in [0.05, 0.1) is 6.42 Å². The van der Waals surface area contributed by atoms with Crippen LogP contribution in [0, 0.1) is 0 Å². The summed E-state index contributed by atoms with van der Waals surface area (Å²) in [7, 11) is 0. The highest BCUT2D eigenvalue weighted by atomic mass is 32.1. The summed E-state index contributed by atoms with van der Waals surface area (Å²) in [5, 5.41) is 16.1. The van der Waals surface area contributed by atoms with Gasteiger partial charge in [0, 0.05) is 23.4 Å². The molecule has 0 atom stereocenters. The molecule has 1 heterocycles. The van der Waals surface area contributed by atoms with Crippen LogP contribution in [0.25, 0.3) is 0 Å². The Morgan fingerprint density at radius 1 is 1.24 bits per heavy atom. The number of nitrogens with one attached hydrogen (secondary N) is 2. The molecule has 1 aliphatic carbocycles. The average molecular weight is 310 g/mol. The Morgan fingerprint density at radius 3 is 2.62 bits per heavy atom. The van der Waals surface area contributed by atoms with Crippen LogP contribution in [0.1, 0.15) is 43.4 Å². The number of urea groups is 1. The molecule has 1 fully saturated rings. The Morgan fingerprint density at radius 2 is 2.00 bits per heavy atom. The van der Waals surface area contributed by atoms with Crippen LogP contribution in [-0.2, 0) is 10.2 Å². The Balaban J connectivity index is 1.88.